The number of benzene rings is 2. The van der Waals surface area contributed by atoms with Crippen molar-refractivity contribution in [3.63, 3.8) is 0 Å². The highest BCUT2D eigenvalue weighted by Gasteiger charge is 2.14. The van der Waals surface area contributed by atoms with Crippen LogP contribution in [0.2, 0.25) is 0 Å². The van der Waals surface area contributed by atoms with Crippen molar-refractivity contribution >= 4 is 27.7 Å². The zero-order chi connectivity index (χ0) is 19.0. The number of rotatable bonds is 5. The number of para-hydroxylation sites is 2. The van der Waals surface area contributed by atoms with Crippen LogP contribution in [0.25, 0.3) is 21.8 Å². The standard InChI is InChI=1S/C23H25N3O/c1-16(2)26-15-18(19-9-5-7-11-21(19)26)12-13-24-23(27)22-14-17-8-4-6-10-20(17)25(22)3/h4-11,14-16H,12-13H2,1-3H3,(H,24,27). The van der Waals surface area contributed by atoms with Crippen LogP contribution in [0.3, 0.4) is 0 Å². The third kappa shape index (κ3) is 3.12. The number of nitrogens with one attached hydrogen (secondary N) is 1. The Morgan fingerprint density at radius 2 is 1.74 bits per heavy atom. The Morgan fingerprint density at radius 1 is 1.04 bits per heavy atom. The predicted molar refractivity (Wildman–Crippen MR) is 111 cm³/mol. The molecule has 0 saturated heterocycles. The fourth-order valence-electron chi connectivity index (χ4n) is 3.81. The Labute approximate surface area is 159 Å². The Balaban J connectivity index is 1.50. The number of nitrogens with zero attached hydrogens (tertiary/aromatic N) is 2. The van der Waals surface area contributed by atoms with Crippen molar-refractivity contribution < 1.29 is 4.79 Å². The van der Waals surface area contributed by atoms with Crippen LogP contribution in [-0.4, -0.2) is 21.6 Å². The summed E-state index contributed by atoms with van der Waals surface area (Å²) in [6.07, 6.45) is 3.04. The van der Waals surface area contributed by atoms with E-state index in [-0.39, 0.29) is 5.91 Å². The fraction of sp³-hybridized carbons (Fsp3) is 0.261. The molecule has 2 aromatic heterocycles. The van der Waals surface area contributed by atoms with Gasteiger partial charge in [0.2, 0.25) is 0 Å². The molecule has 0 saturated carbocycles. The zero-order valence-corrected chi connectivity index (χ0v) is 16.1. The molecule has 2 heterocycles. The van der Waals surface area contributed by atoms with E-state index in [1.165, 1.54) is 16.5 Å². The highest BCUT2D eigenvalue weighted by atomic mass is 16.1. The summed E-state index contributed by atoms with van der Waals surface area (Å²) >= 11 is 0. The van der Waals surface area contributed by atoms with Crippen LogP contribution in [0.1, 0.15) is 35.9 Å². The first-order chi connectivity index (χ1) is 13.1. The summed E-state index contributed by atoms with van der Waals surface area (Å²) in [5.41, 5.74) is 4.29. The van der Waals surface area contributed by atoms with E-state index in [0.717, 1.165) is 17.3 Å². The molecule has 1 amide bonds. The van der Waals surface area contributed by atoms with Crippen molar-refractivity contribution in [3.8, 4) is 0 Å². The van der Waals surface area contributed by atoms with Crippen molar-refractivity contribution in [2.24, 2.45) is 7.05 Å². The number of hydrogen-bond acceptors (Lipinski definition) is 1. The van der Waals surface area contributed by atoms with Crippen LogP contribution in [0.15, 0.2) is 60.8 Å². The summed E-state index contributed by atoms with van der Waals surface area (Å²) in [6.45, 7) is 5.00. The monoisotopic (exact) mass is 359 g/mol. The average molecular weight is 359 g/mol. The van der Waals surface area contributed by atoms with E-state index in [2.05, 4.69) is 54.2 Å². The lowest BCUT2D eigenvalue weighted by Crippen LogP contribution is -2.27. The molecule has 0 aliphatic heterocycles. The van der Waals surface area contributed by atoms with Crippen molar-refractivity contribution in [2.75, 3.05) is 6.54 Å². The molecule has 4 rings (SSSR count). The minimum atomic E-state index is -0.0266. The van der Waals surface area contributed by atoms with Crippen molar-refractivity contribution in [2.45, 2.75) is 26.3 Å². The molecule has 0 spiro atoms. The fourth-order valence-corrected chi connectivity index (χ4v) is 3.81. The minimum absolute atomic E-state index is 0.0266. The maximum atomic E-state index is 12.7. The van der Waals surface area contributed by atoms with Gasteiger partial charge in [-0.2, -0.15) is 0 Å². The summed E-state index contributed by atoms with van der Waals surface area (Å²) in [5.74, 6) is -0.0266. The second-order valence-electron chi connectivity index (χ2n) is 7.33. The average Bonchev–Trinajstić information content (AvgIpc) is 3.21. The molecular weight excluding hydrogens is 334 g/mol. The molecule has 0 bridgehead atoms. The van der Waals surface area contributed by atoms with Crippen LogP contribution >= 0.6 is 0 Å². The Kier molecular flexibility index (Phi) is 4.48. The van der Waals surface area contributed by atoms with Gasteiger partial charge in [-0.15, -0.1) is 0 Å². The molecule has 0 unspecified atom stereocenters. The molecule has 0 radical (unpaired) electrons. The largest absolute Gasteiger partial charge is 0.350 e. The predicted octanol–water partition coefficient (Wildman–Crippen LogP) is 4.69. The van der Waals surface area contributed by atoms with Gasteiger partial charge in [0.15, 0.2) is 0 Å². The van der Waals surface area contributed by atoms with Gasteiger partial charge in [0.25, 0.3) is 5.91 Å². The smallest absolute Gasteiger partial charge is 0.267 e. The van der Waals surface area contributed by atoms with Crippen LogP contribution in [0, 0.1) is 0 Å². The summed E-state index contributed by atoms with van der Waals surface area (Å²) in [5, 5.41) is 5.44. The lowest BCUT2D eigenvalue weighted by atomic mass is 10.1. The van der Waals surface area contributed by atoms with Crippen molar-refractivity contribution in [1.82, 2.24) is 14.5 Å². The maximum absolute atomic E-state index is 12.7. The molecule has 0 atom stereocenters. The summed E-state index contributed by atoms with van der Waals surface area (Å²) in [6, 6.07) is 18.9. The second-order valence-corrected chi connectivity index (χ2v) is 7.33. The number of aryl methyl sites for hydroxylation is 1. The molecule has 27 heavy (non-hydrogen) atoms. The Morgan fingerprint density at radius 3 is 2.48 bits per heavy atom. The van der Waals surface area contributed by atoms with Gasteiger partial charge in [0.1, 0.15) is 5.69 Å². The first-order valence-electron chi connectivity index (χ1n) is 9.47. The molecule has 0 fully saturated rings. The molecule has 0 aliphatic rings. The lowest BCUT2D eigenvalue weighted by Gasteiger charge is -2.08. The highest BCUT2D eigenvalue weighted by Crippen LogP contribution is 2.25. The SMILES string of the molecule is CC(C)n1cc(CCNC(=O)c2cc3ccccc3n2C)c2ccccc21. The van der Waals surface area contributed by atoms with Crippen LogP contribution in [0.4, 0.5) is 0 Å². The Bertz CT molecular complexity index is 1120. The van der Waals surface area contributed by atoms with Gasteiger partial charge in [0, 0.05) is 47.6 Å². The number of fused-ring (bicyclic) bond motifs is 2. The maximum Gasteiger partial charge on any atom is 0.267 e. The van der Waals surface area contributed by atoms with Gasteiger partial charge < -0.3 is 14.5 Å². The van der Waals surface area contributed by atoms with E-state index < -0.39 is 0 Å². The van der Waals surface area contributed by atoms with Crippen LogP contribution in [-0.2, 0) is 13.5 Å². The number of hydrogen-bond donors (Lipinski definition) is 1. The second kappa shape index (κ2) is 6.95. The minimum Gasteiger partial charge on any atom is -0.350 e. The highest BCUT2D eigenvalue weighted by molar-refractivity contribution is 5.98. The molecule has 2 aromatic carbocycles. The quantitative estimate of drug-likeness (QED) is 0.552. The number of amides is 1. The summed E-state index contributed by atoms with van der Waals surface area (Å²) in [4.78, 5) is 12.7. The summed E-state index contributed by atoms with van der Waals surface area (Å²) in [7, 11) is 1.94. The molecule has 0 aliphatic carbocycles. The molecule has 4 aromatic rings. The van der Waals surface area contributed by atoms with Gasteiger partial charge in [-0.05, 0) is 44.0 Å². The third-order valence-electron chi connectivity index (χ3n) is 5.24. The normalized spacial score (nSPS) is 11.6. The topological polar surface area (TPSA) is 39.0 Å². The van der Waals surface area contributed by atoms with E-state index in [0.29, 0.717) is 18.3 Å². The van der Waals surface area contributed by atoms with Crippen molar-refractivity contribution in [1.29, 1.82) is 0 Å². The molecule has 4 heteroatoms. The van der Waals surface area contributed by atoms with Gasteiger partial charge >= 0.3 is 0 Å². The molecule has 1 N–H and O–H groups in total. The molecular formula is C23H25N3O. The number of carbonyl (C=O) groups is 1. The van der Waals surface area contributed by atoms with E-state index >= 15 is 0 Å². The van der Waals surface area contributed by atoms with Crippen LogP contribution < -0.4 is 5.32 Å². The van der Waals surface area contributed by atoms with E-state index in [9.17, 15) is 4.79 Å². The van der Waals surface area contributed by atoms with Gasteiger partial charge in [-0.25, -0.2) is 0 Å². The van der Waals surface area contributed by atoms with Gasteiger partial charge in [-0.1, -0.05) is 36.4 Å². The third-order valence-corrected chi connectivity index (χ3v) is 5.24. The zero-order valence-electron chi connectivity index (χ0n) is 16.1. The van der Waals surface area contributed by atoms with Gasteiger partial charge in [0.05, 0.1) is 0 Å². The van der Waals surface area contributed by atoms with Crippen molar-refractivity contribution in [3.05, 3.63) is 72.1 Å². The first-order valence-corrected chi connectivity index (χ1v) is 9.47. The number of carbonyl (C=O) groups excluding carboxylic acids is 1. The van der Waals surface area contributed by atoms with E-state index in [1.54, 1.807) is 0 Å². The van der Waals surface area contributed by atoms with E-state index in [1.807, 2.05) is 41.9 Å². The molecule has 4 nitrogen and oxygen atoms in total. The number of aromatic nitrogens is 2. The van der Waals surface area contributed by atoms with Gasteiger partial charge in [-0.3, -0.25) is 4.79 Å². The first kappa shape index (κ1) is 17.4. The van der Waals surface area contributed by atoms with Crippen LogP contribution in [0.5, 0.6) is 0 Å². The summed E-state index contributed by atoms with van der Waals surface area (Å²) < 4.78 is 4.26. The lowest BCUT2D eigenvalue weighted by molar-refractivity contribution is 0.0946. The van der Waals surface area contributed by atoms with E-state index in [4.69, 9.17) is 0 Å². The Hall–Kier alpha value is -3.01. The molecule has 138 valence electrons.